The van der Waals surface area contributed by atoms with Crippen molar-refractivity contribution >= 4 is 26.0 Å². The van der Waals surface area contributed by atoms with Gasteiger partial charge in [-0.05, 0) is 30.4 Å². The maximum absolute atomic E-state index is 11.8. The first-order chi connectivity index (χ1) is 8.55. The van der Waals surface area contributed by atoms with Crippen LogP contribution in [0.2, 0.25) is 0 Å². The van der Waals surface area contributed by atoms with Crippen LogP contribution in [0.25, 0.3) is 0 Å². The molecule has 1 N–H and O–H groups in total. The second-order valence-corrected chi connectivity index (χ2v) is 7.33. The zero-order chi connectivity index (χ0) is 13.1. The van der Waals surface area contributed by atoms with Gasteiger partial charge in [0.05, 0.1) is 5.75 Å². The summed E-state index contributed by atoms with van der Waals surface area (Å²) >= 11 is 3.43. The maximum atomic E-state index is 11.8. The summed E-state index contributed by atoms with van der Waals surface area (Å²) in [4.78, 5) is 4.12. The fraction of sp³-hybridized carbons (Fsp3) is 0.583. The molecule has 1 heterocycles. The van der Waals surface area contributed by atoms with Gasteiger partial charge in [0, 0.05) is 30.2 Å². The molecule has 0 bridgehead atoms. The SMILES string of the molecule is O=S(=O)(CCc1ccccn1)NCC1(CBr)CC1. The Kier molecular flexibility index (Phi) is 4.40. The van der Waals surface area contributed by atoms with Gasteiger partial charge >= 0.3 is 0 Å². The molecule has 100 valence electrons. The Morgan fingerprint density at radius 3 is 2.72 bits per heavy atom. The van der Waals surface area contributed by atoms with Gasteiger partial charge in [-0.3, -0.25) is 4.98 Å². The molecule has 1 aliphatic carbocycles. The van der Waals surface area contributed by atoms with Crippen LogP contribution in [-0.2, 0) is 16.4 Å². The second kappa shape index (κ2) is 5.67. The first-order valence-electron chi connectivity index (χ1n) is 5.99. The molecule has 1 saturated carbocycles. The van der Waals surface area contributed by atoms with E-state index in [1.807, 2.05) is 18.2 Å². The average Bonchev–Trinajstić information content (AvgIpc) is 3.17. The van der Waals surface area contributed by atoms with Gasteiger partial charge in [-0.25, -0.2) is 13.1 Å². The van der Waals surface area contributed by atoms with Crippen molar-refractivity contribution in [2.75, 3.05) is 17.6 Å². The minimum absolute atomic E-state index is 0.0996. The Bertz CT molecular complexity index is 486. The number of aromatic nitrogens is 1. The van der Waals surface area contributed by atoms with Crippen molar-refractivity contribution in [3.05, 3.63) is 30.1 Å². The van der Waals surface area contributed by atoms with E-state index in [1.54, 1.807) is 6.20 Å². The molecule has 0 spiro atoms. The van der Waals surface area contributed by atoms with E-state index in [0.29, 0.717) is 13.0 Å². The van der Waals surface area contributed by atoms with Crippen LogP contribution in [0.4, 0.5) is 0 Å². The van der Waals surface area contributed by atoms with Crippen molar-refractivity contribution in [1.82, 2.24) is 9.71 Å². The number of alkyl halides is 1. The molecule has 1 aromatic heterocycles. The van der Waals surface area contributed by atoms with Crippen LogP contribution in [0.15, 0.2) is 24.4 Å². The van der Waals surface area contributed by atoms with E-state index in [2.05, 4.69) is 25.6 Å². The van der Waals surface area contributed by atoms with Gasteiger partial charge in [-0.15, -0.1) is 0 Å². The second-order valence-electron chi connectivity index (χ2n) is 4.84. The van der Waals surface area contributed by atoms with Crippen molar-refractivity contribution in [2.24, 2.45) is 5.41 Å². The van der Waals surface area contributed by atoms with Gasteiger partial charge in [0.15, 0.2) is 0 Å². The zero-order valence-electron chi connectivity index (χ0n) is 10.1. The molecule has 0 atom stereocenters. The Morgan fingerprint density at radius 2 is 2.17 bits per heavy atom. The van der Waals surface area contributed by atoms with Crippen LogP contribution in [0.1, 0.15) is 18.5 Å². The summed E-state index contributed by atoms with van der Waals surface area (Å²) in [6.45, 7) is 0.544. The van der Waals surface area contributed by atoms with Crippen molar-refractivity contribution in [1.29, 1.82) is 0 Å². The number of rotatable bonds is 7. The zero-order valence-corrected chi connectivity index (χ0v) is 12.5. The standard InChI is InChI=1S/C12H17BrN2O2S/c13-9-12(5-6-12)10-15-18(16,17)8-4-11-3-1-2-7-14-11/h1-3,7,15H,4-6,8-10H2. The lowest BCUT2D eigenvalue weighted by Crippen LogP contribution is -2.33. The van der Waals surface area contributed by atoms with E-state index in [4.69, 9.17) is 0 Å². The van der Waals surface area contributed by atoms with E-state index in [9.17, 15) is 8.42 Å². The maximum Gasteiger partial charge on any atom is 0.211 e. The van der Waals surface area contributed by atoms with Crippen molar-refractivity contribution in [3.63, 3.8) is 0 Å². The van der Waals surface area contributed by atoms with Crippen LogP contribution in [-0.4, -0.2) is 31.0 Å². The van der Waals surface area contributed by atoms with E-state index >= 15 is 0 Å². The largest absolute Gasteiger partial charge is 0.261 e. The monoisotopic (exact) mass is 332 g/mol. The molecule has 0 saturated heterocycles. The fourth-order valence-corrected chi connectivity index (χ4v) is 3.56. The molecule has 2 rings (SSSR count). The minimum atomic E-state index is -3.19. The first-order valence-corrected chi connectivity index (χ1v) is 8.76. The number of hydrogen-bond acceptors (Lipinski definition) is 3. The molecule has 1 aromatic rings. The molecule has 0 aliphatic heterocycles. The normalized spacial score (nSPS) is 17.6. The molecule has 6 heteroatoms. The predicted molar refractivity (Wildman–Crippen MR) is 75.2 cm³/mol. The van der Waals surface area contributed by atoms with E-state index < -0.39 is 10.0 Å². The van der Waals surface area contributed by atoms with Gasteiger partial charge in [-0.2, -0.15) is 0 Å². The number of nitrogens with one attached hydrogen (secondary N) is 1. The van der Waals surface area contributed by atoms with Crippen LogP contribution >= 0.6 is 15.9 Å². The third-order valence-electron chi connectivity index (χ3n) is 3.26. The highest BCUT2D eigenvalue weighted by molar-refractivity contribution is 9.09. The highest BCUT2D eigenvalue weighted by Crippen LogP contribution is 2.46. The van der Waals surface area contributed by atoms with E-state index in [1.165, 1.54) is 0 Å². The molecule has 1 fully saturated rings. The van der Waals surface area contributed by atoms with Gasteiger partial charge in [0.25, 0.3) is 0 Å². The van der Waals surface area contributed by atoms with Gasteiger partial charge in [-0.1, -0.05) is 22.0 Å². The lowest BCUT2D eigenvalue weighted by Gasteiger charge is -2.12. The summed E-state index contributed by atoms with van der Waals surface area (Å²) in [5, 5.41) is 0.864. The van der Waals surface area contributed by atoms with Crippen LogP contribution < -0.4 is 4.72 Å². The molecule has 0 radical (unpaired) electrons. The van der Waals surface area contributed by atoms with Crippen LogP contribution in [0, 0.1) is 5.41 Å². The first kappa shape index (κ1) is 14.0. The molecular formula is C12H17BrN2O2S. The van der Waals surface area contributed by atoms with Crippen LogP contribution in [0.5, 0.6) is 0 Å². The molecule has 0 amide bonds. The third kappa shape index (κ3) is 4.03. The number of aryl methyl sites for hydroxylation is 1. The highest BCUT2D eigenvalue weighted by atomic mass is 79.9. The van der Waals surface area contributed by atoms with Crippen molar-refractivity contribution < 1.29 is 8.42 Å². The van der Waals surface area contributed by atoms with E-state index in [-0.39, 0.29) is 11.2 Å². The number of pyridine rings is 1. The Morgan fingerprint density at radius 1 is 1.39 bits per heavy atom. The summed E-state index contributed by atoms with van der Waals surface area (Å²) in [6, 6.07) is 5.53. The summed E-state index contributed by atoms with van der Waals surface area (Å²) in [6.07, 6.45) is 4.33. The summed E-state index contributed by atoms with van der Waals surface area (Å²) in [5.41, 5.74) is 0.974. The topological polar surface area (TPSA) is 59.1 Å². The summed E-state index contributed by atoms with van der Waals surface area (Å²) < 4.78 is 26.4. The number of hydrogen-bond donors (Lipinski definition) is 1. The smallest absolute Gasteiger partial charge is 0.211 e. The average molecular weight is 333 g/mol. The number of halogens is 1. The Hall–Kier alpha value is -0.460. The highest BCUT2D eigenvalue weighted by Gasteiger charge is 2.41. The van der Waals surface area contributed by atoms with Gasteiger partial charge in [0.1, 0.15) is 0 Å². The molecule has 4 nitrogen and oxygen atoms in total. The molecule has 1 aliphatic rings. The molecular weight excluding hydrogens is 316 g/mol. The predicted octanol–water partition coefficient (Wildman–Crippen LogP) is 1.72. The summed E-state index contributed by atoms with van der Waals surface area (Å²) in [7, 11) is -3.19. The van der Waals surface area contributed by atoms with Crippen LogP contribution in [0.3, 0.4) is 0 Å². The molecule has 0 aromatic carbocycles. The number of sulfonamides is 1. The fourth-order valence-electron chi connectivity index (χ4n) is 1.65. The Labute approximate surface area is 116 Å². The van der Waals surface area contributed by atoms with Crippen molar-refractivity contribution in [3.8, 4) is 0 Å². The molecule has 0 unspecified atom stereocenters. The van der Waals surface area contributed by atoms with Gasteiger partial charge < -0.3 is 0 Å². The molecule has 18 heavy (non-hydrogen) atoms. The number of nitrogens with zero attached hydrogens (tertiary/aromatic N) is 1. The third-order valence-corrected chi connectivity index (χ3v) is 5.78. The minimum Gasteiger partial charge on any atom is -0.261 e. The Balaban J connectivity index is 1.81. The van der Waals surface area contributed by atoms with E-state index in [0.717, 1.165) is 23.9 Å². The quantitative estimate of drug-likeness (QED) is 0.773. The van der Waals surface area contributed by atoms with Gasteiger partial charge in [0.2, 0.25) is 10.0 Å². The summed E-state index contributed by atoms with van der Waals surface area (Å²) in [5.74, 6) is 0.0996. The van der Waals surface area contributed by atoms with Crippen molar-refractivity contribution in [2.45, 2.75) is 19.3 Å². The lowest BCUT2D eigenvalue weighted by atomic mass is 10.1. The lowest BCUT2D eigenvalue weighted by molar-refractivity contribution is 0.538.